The van der Waals surface area contributed by atoms with Gasteiger partial charge in [-0.2, -0.15) is 9.98 Å². The number of aliphatic imine (C=N–C) groups is 2. The molecule has 3 aromatic rings. The van der Waals surface area contributed by atoms with Gasteiger partial charge in [-0.1, -0.05) is 68.9 Å². The zero-order valence-electron chi connectivity index (χ0n) is 15.8. The molecule has 1 heterocycles. The van der Waals surface area contributed by atoms with Gasteiger partial charge < -0.3 is 9.47 Å². The van der Waals surface area contributed by atoms with Crippen LogP contribution in [0.3, 0.4) is 0 Å². The topological polar surface area (TPSA) is 43.2 Å². The molecule has 148 valence electrons. The first-order valence-electron chi connectivity index (χ1n) is 9.46. The predicted molar refractivity (Wildman–Crippen MR) is 118 cm³/mol. The predicted octanol–water partition coefficient (Wildman–Crippen LogP) is 6.58. The van der Waals surface area contributed by atoms with Crippen LogP contribution >= 0.6 is 0 Å². The lowest BCUT2D eigenvalue weighted by atomic mass is 9.79. The standard InChI is InChI=1S/C24H22N2O2.CH4/c1-2-24(19-10-4-3-5-11-19)16-27-22-14-8-6-12-20(22)25-18-26-21-13-7-9-15-23(21)28-17-24;/h3-15H,2,16-17H2,1H3;1H4. The van der Waals surface area contributed by atoms with E-state index in [9.17, 15) is 0 Å². The van der Waals surface area contributed by atoms with Gasteiger partial charge in [-0.15, -0.1) is 0 Å². The summed E-state index contributed by atoms with van der Waals surface area (Å²) in [7, 11) is 0. The number of nitrogens with zero attached hydrogens (tertiary/aromatic N) is 2. The first kappa shape index (κ1) is 20.4. The summed E-state index contributed by atoms with van der Waals surface area (Å²) < 4.78 is 12.5. The van der Waals surface area contributed by atoms with Crippen molar-refractivity contribution in [3.8, 4) is 11.5 Å². The van der Waals surface area contributed by atoms with Crippen LogP contribution < -0.4 is 9.47 Å². The SMILES string of the molecule is C.CCC1(c2ccccc2)COc2ccccc2N=C=Nc2ccccc2OC1. The molecule has 0 spiro atoms. The molecular weight excluding hydrogens is 360 g/mol. The van der Waals surface area contributed by atoms with E-state index in [1.807, 2.05) is 54.6 Å². The molecule has 1 aliphatic rings. The molecule has 0 amide bonds. The van der Waals surface area contributed by atoms with Gasteiger partial charge in [-0.25, -0.2) is 0 Å². The van der Waals surface area contributed by atoms with Gasteiger partial charge in [0.05, 0.1) is 5.41 Å². The number of hydrogen-bond donors (Lipinski definition) is 0. The molecular formula is C25H26N2O2. The number of benzene rings is 3. The quantitative estimate of drug-likeness (QED) is 0.499. The highest BCUT2D eigenvalue weighted by molar-refractivity contribution is 5.64. The van der Waals surface area contributed by atoms with Gasteiger partial charge in [0, 0.05) is 0 Å². The second-order valence-corrected chi connectivity index (χ2v) is 6.84. The number of rotatable bonds is 2. The Morgan fingerprint density at radius 3 is 1.76 bits per heavy atom. The molecule has 4 rings (SSSR count). The summed E-state index contributed by atoms with van der Waals surface area (Å²) >= 11 is 0. The molecule has 0 radical (unpaired) electrons. The van der Waals surface area contributed by atoms with Crippen molar-refractivity contribution in [1.82, 2.24) is 0 Å². The molecule has 4 nitrogen and oxygen atoms in total. The number of fused-ring (bicyclic) bond motifs is 2. The van der Waals surface area contributed by atoms with E-state index in [0.29, 0.717) is 36.1 Å². The van der Waals surface area contributed by atoms with Crippen molar-refractivity contribution in [3.63, 3.8) is 0 Å². The van der Waals surface area contributed by atoms with Crippen molar-refractivity contribution in [2.75, 3.05) is 13.2 Å². The molecule has 0 aliphatic carbocycles. The van der Waals surface area contributed by atoms with Crippen LogP contribution in [0.15, 0.2) is 88.8 Å². The van der Waals surface area contributed by atoms with Crippen molar-refractivity contribution in [3.05, 3.63) is 84.4 Å². The van der Waals surface area contributed by atoms with Gasteiger partial charge in [0.25, 0.3) is 0 Å². The van der Waals surface area contributed by atoms with Crippen molar-refractivity contribution in [2.45, 2.75) is 26.2 Å². The maximum absolute atomic E-state index is 6.25. The lowest BCUT2D eigenvalue weighted by molar-refractivity contribution is 0.138. The Bertz CT molecular complexity index is 953. The average Bonchev–Trinajstić information content (AvgIpc) is 2.76. The van der Waals surface area contributed by atoms with E-state index in [1.165, 1.54) is 5.56 Å². The molecule has 0 aromatic heterocycles. The van der Waals surface area contributed by atoms with Gasteiger partial charge in [-0.05, 0) is 36.2 Å². The van der Waals surface area contributed by atoms with Gasteiger partial charge in [0.2, 0.25) is 0 Å². The summed E-state index contributed by atoms with van der Waals surface area (Å²) in [5, 5.41) is 0. The minimum Gasteiger partial charge on any atom is -0.490 e. The summed E-state index contributed by atoms with van der Waals surface area (Å²) in [5.74, 6) is 1.43. The minimum atomic E-state index is -0.298. The summed E-state index contributed by atoms with van der Waals surface area (Å²) in [6.07, 6.45) is 0.869. The zero-order chi connectivity index (χ0) is 19.2. The van der Waals surface area contributed by atoms with E-state index in [1.54, 1.807) is 0 Å². The molecule has 1 aliphatic heterocycles. The summed E-state index contributed by atoms with van der Waals surface area (Å²) in [4.78, 5) is 8.74. The third kappa shape index (κ3) is 4.39. The lowest BCUT2D eigenvalue weighted by Crippen LogP contribution is -2.39. The van der Waals surface area contributed by atoms with Gasteiger partial charge >= 0.3 is 0 Å². The minimum absolute atomic E-state index is 0. The van der Waals surface area contributed by atoms with Crippen molar-refractivity contribution >= 4 is 17.4 Å². The highest BCUT2D eigenvalue weighted by Gasteiger charge is 2.33. The monoisotopic (exact) mass is 386 g/mol. The third-order valence-electron chi connectivity index (χ3n) is 5.14. The number of ether oxygens (including phenoxy) is 2. The largest absolute Gasteiger partial charge is 0.490 e. The Morgan fingerprint density at radius 1 is 0.759 bits per heavy atom. The van der Waals surface area contributed by atoms with Crippen LogP contribution in [0.5, 0.6) is 11.5 Å². The molecule has 0 fully saturated rings. The highest BCUT2D eigenvalue weighted by atomic mass is 16.5. The maximum Gasteiger partial charge on any atom is 0.145 e. The molecule has 0 saturated heterocycles. The molecule has 0 bridgehead atoms. The van der Waals surface area contributed by atoms with E-state index in [-0.39, 0.29) is 12.8 Å². The second-order valence-electron chi connectivity index (χ2n) is 6.84. The van der Waals surface area contributed by atoms with Crippen molar-refractivity contribution in [2.24, 2.45) is 9.98 Å². The average molecular weight is 386 g/mol. The highest BCUT2D eigenvalue weighted by Crippen LogP contribution is 2.35. The first-order chi connectivity index (χ1) is 13.8. The Morgan fingerprint density at radius 2 is 1.24 bits per heavy atom. The fourth-order valence-electron chi connectivity index (χ4n) is 3.32. The maximum atomic E-state index is 6.25. The van der Waals surface area contributed by atoms with Crippen LogP contribution in [-0.2, 0) is 5.41 Å². The van der Waals surface area contributed by atoms with Crippen LogP contribution in [0.4, 0.5) is 11.4 Å². The van der Waals surface area contributed by atoms with Crippen LogP contribution in [0.25, 0.3) is 0 Å². The third-order valence-corrected chi connectivity index (χ3v) is 5.14. The molecule has 29 heavy (non-hydrogen) atoms. The van der Waals surface area contributed by atoms with Gasteiger partial charge in [-0.3, -0.25) is 0 Å². The number of para-hydroxylation sites is 4. The fourth-order valence-corrected chi connectivity index (χ4v) is 3.32. The number of hydrogen-bond acceptors (Lipinski definition) is 4. The van der Waals surface area contributed by atoms with E-state index in [0.717, 1.165) is 6.42 Å². The Kier molecular flexibility index (Phi) is 6.48. The molecule has 0 N–H and O–H groups in total. The van der Waals surface area contributed by atoms with E-state index < -0.39 is 0 Å². The van der Waals surface area contributed by atoms with Crippen molar-refractivity contribution < 1.29 is 9.47 Å². The van der Waals surface area contributed by atoms with E-state index in [2.05, 4.69) is 47.2 Å². The molecule has 0 saturated carbocycles. The van der Waals surface area contributed by atoms with Crippen LogP contribution in [0.2, 0.25) is 0 Å². The summed E-state index contributed by atoms with van der Waals surface area (Å²) in [6.45, 7) is 3.14. The smallest absolute Gasteiger partial charge is 0.145 e. The van der Waals surface area contributed by atoms with Crippen molar-refractivity contribution in [1.29, 1.82) is 0 Å². The normalized spacial score (nSPS) is 18.0. The van der Waals surface area contributed by atoms with Gasteiger partial charge in [0.15, 0.2) is 0 Å². The zero-order valence-corrected chi connectivity index (χ0v) is 15.8. The van der Waals surface area contributed by atoms with E-state index >= 15 is 0 Å². The summed E-state index contributed by atoms with van der Waals surface area (Å²) in [6, 6.07) is 28.6. The molecule has 4 heteroatoms. The van der Waals surface area contributed by atoms with Crippen LogP contribution in [0.1, 0.15) is 26.3 Å². The fraction of sp³-hybridized carbons (Fsp3) is 0.240. The lowest BCUT2D eigenvalue weighted by Gasteiger charge is -2.33. The summed E-state index contributed by atoms with van der Waals surface area (Å²) in [5.41, 5.74) is 2.32. The van der Waals surface area contributed by atoms with E-state index in [4.69, 9.17) is 9.47 Å². The Balaban J connectivity index is 0.00000240. The second kappa shape index (κ2) is 9.22. The molecule has 0 unspecified atom stereocenters. The molecule has 3 aromatic carbocycles. The van der Waals surface area contributed by atoms with Crippen LogP contribution in [-0.4, -0.2) is 19.2 Å². The van der Waals surface area contributed by atoms with Crippen LogP contribution in [0, 0.1) is 0 Å². The Hall–Kier alpha value is -3.36. The Labute approximate surface area is 172 Å². The molecule has 0 atom stereocenters. The van der Waals surface area contributed by atoms with Gasteiger partial charge in [0.1, 0.15) is 42.1 Å². The first-order valence-corrected chi connectivity index (χ1v) is 9.46.